The molecule has 0 aliphatic rings. The predicted octanol–water partition coefficient (Wildman–Crippen LogP) is 1.21. The zero-order valence-electron chi connectivity index (χ0n) is 12.1. The van der Waals surface area contributed by atoms with Crippen molar-refractivity contribution in [1.29, 1.82) is 0 Å². The maximum Gasteiger partial charge on any atom is 0.223 e. The normalized spacial score (nSPS) is 12.4. The minimum absolute atomic E-state index is 0.0113. The molecule has 18 heavy (non-hydrogen) atoms. The standard InChI is InChI=1S/C12H26N2O3S/c1-6-11(7-2)12(15)13-8-9-14(10(3)4)18(5,16)17/h10-11H,6-9H2,1-5H3,(H,13,15). The van der Waals surface area contributed by atoms with Crippen LogP contribution in [0.5, 0.6) is 0 Å². The van der Waals surface area contributed by atoms with Gasteiger partial charge >= 0.3 is 0 Å². The number of carbonyl (C=O) groups is 1. The maximum atomic E-state index is 11.7. The van der Waals surface area contributed by atoms with Gasteiger partial charge in [-0.3, -0.25) is 4.79 Å². The van der Waals surface area contributed by atoms with Gasteiger partial charge in [-0.15, -0.1) is 0 Å². The first kappa shape index (κ1) is 17.4. The minimum Gasteiger partial charge on any atom is -0.355 e. The average molecular weight is 278 g/mol. The van der Waals surface area contributed by atoms with E-state index in [0.717, 1.165) is 12.8 Å². The van der Waals surface area contributed by atoms with Crippen LogP contribution < -0.4 is 5.32 Å². The summed E-state index contributed by atoms with van der Waals surface area (Å²) in [6.07, 6.45) is 2.81. The van der Waals surface area contributed by atoms with Gasteiger partial charge in [0.05, 0.1) is 6.26 Å². The van der Waals surface area contributed by atoms with Crippen LogP contribution in [0.15, 0.2) is 0 Å². The lowest BCUT2D eigenvalue weighted by atomic mass is 10.0. The Balaban J connectivity index is 4.28. The van der Waals surface area contributed by atoms with Crippen LogP contribution in [-0.2, 0) is 14.8 Å². The van der Waals surface area contributed by atoms with Gasteiger partial charge in [-0.2, -0.15) is 4.31 Å². The fourth-order valence-electron chi connectivity index (χ4n) is 1.90. The summed E-state index contributed by atoms with van der Waals surface area (Å²) >= 11 is 0. The molecule has 0 aliphatic heterocycles. The fraction of sp³-hybridized carbons (Fsp3) is 0.917. The third kappa shape index (κ3) is 5.82. The molecule has 0 aliphatic carbocycles. The third-order valence-corrected chi connectivity index (χ3v) is 4.45. The topological polar surface area (TPSA) is 66.5 Å². The van der Waals surface area contributed by atoms with Gasteiger partial charge in [0.1, 0.15) is 0 Å². The summed E-state index contributed by atoms with van der Waals surface area (Å²) in [6, 6.07) is -0.0925. The SMILES string of the molecule is CCC(CC)C(=O)NCCN(C(C)C)S(C)(=O)=O. The van der Waals surface area contributed by atoms with Crippen molar-refractivity contribution in [3.8, 4) is 0 Å². The molecule has 0 saturated carbocycles. The van der Waals surface area contributed by atoms with E-state index in [1.165, 1.54) is 10.6 Å². The number of sulfonamides is 1. The molecule has 1 amide bonds. The first-order valence-electron chi connectivity index (χ1n) is 6.48. The van der Waals surface area contributed by atoms with Gasteiger partial charge in [0, 0.05) is 25.0 Å². The van der Waals surface area contributed by atoms with Crippen molar-refractivity contribution in [2.45, 2.75) is 46.6 Å². The summed E-state index contributed by atoms with van der Waals surface area (Å²) in [5.41, 5.74) is 0. The van der Waals surface area contributed by atoms with Crippen molar-refractivity contribution in [3.63, 3.8) is 0 Å². The Bertz CT molecular complexity index is 348. The van der Waals surface area contributed by atoms with Crippen molar-refractivity contribution in [1.82, 2.24) is 9.62 Å². The number of nitrogens with one attached hydrogen (secondary N) is 1. The number of carbonyl (C=O) groups excluding carboxylic acids is 1. The first-order chi connectivity index (χ1) is 8.23. The van der Waals surface area contributed by atoms with Gasteiger partial charge in [0.25, 0.3) is 0 Å². The lowest BCUT2D eigenvalue weighted by Crippen LogP contribution is -2.42. The molecule has 0 fully saturated rings. The molecule has 0 saturated heterocycles. The summed E-state index contributed by atoms with van der Waals surface area (Å²) in [6.45, 7) is 8.28. The van der Waals surface area contributed by atoms with Gasteiger partial charge in [0.15, 0.2) is 0 Å². The lowest BCUT2D eigenvalue weighted by molar-refractivity contribution is -0.125. The molecule has 0 radical (unpaired) electrons. The van der Waals surface area contributed by atoms with E-state index in [-0.39, 0.29) is 17.9 Å². The highest BCUT2D eigenvalue weighted by molar-refractivity contribution is 7.88. The van der Waals surface area contributed by atoms with Gasteiger partial charge in [-0.1, -0.05) is 13.8 Å². The van der Waals surface area contributed by atoms with Gasteiger partial charge in [0.2, 0.25) is 15.9 Å². The van der Waals surface area contributed by atoms with Crippen LogP contribution >= 0.6 is 0 Å². The molecule has 0 aromatic carbocycles. The summed E-state index contributed by atoms with van der Waals surface area (Å²) in [5.74, 6) is 0.0351. The molecule has 0 rings (SSSR count). The van der Waals surface area contributed by atoms with E-state index < -0.39 is 10.0 Å². The number of nitrogens with zero attached hydrogens (tertiary/aromatic N) is 1. The Morgan fingerprint density at radius 2 is 1.72 bits per heavy atom. The Labute approximate surface area is 111 Å². The minimum atomic E-state index is -3.21. The molecule has 6 heteroatoms. The fourth-order valence-corrected chi connectivity index (χ4v) is 3.09. The molecule has 0 bridgehead atoms. The molecule has 5 nitrogen and oxygen atoms in total. The van der Waals surface area contributed by atoms with Gasteiger partial charge in [-0.05, 0) is 26.7 Å². The van der Waals surface area contributed by atoms with E-state index in [2.05, 4.69) is 5.32 Å². The summed E-state index contributed by atoms with van der Waals surface area (Å²) < 4.78 is 24.4. The summed E-state index contributed by atoms with van der Waals surface area (Å²) in [5, 5.41) is 2.80. The molecule has 108 valence electrons. The van der Waals surface area contributed by atoms with Gasteiger partial charge < -0.3 is 5.32 Å². The number of hydrogen-bond acceptors (Lipinski definition) is 3. The number of hydrogen-bond donors (Lipinski definition) is 1. The Hall–Kier alpha value is -0.620. The zero-order valence-corrected chi connectivity index (χ0v) is 12.9. The first-order valence-corrected chi connectivity index (χ1v) is 8.33. The van der Waals surface area contributed by atoms with Crippen LogP contribution in [0.2, 0.25) is 0 Å². The monoisotopic (exact) mass is 278 g/mol. The van der Waals surface area contributed by atoms with E-state index in [9.17, 15) is 13.2 Å². The molecule has 0 heterocycles. The second kappa shape index (κ2) is 7.74. The van der Waals surface area contributed by atoms with E-state index in [0.29, 0.717) is 13.1 Å². The van der Waals surface area contributed by atoms with Crippen molar-refractivity contribution >= 4 is 15.9 Å². The van der Waals surface area contributed by atoms with Gasteiger partial charge in [-0.25, -0.2) is 8.42 Å². The second-order valence-corrected chi connectivity index (χ2v) is 6.71. The number of rotatable bonds is 8. The average Bonchev–Trinajstić information content (AvgIpc) is 2.23. The van der Waals surface area contributed by atoms with Crippen LogP contribution in [0.1, 0.15) is 40.5 Å². The highest BCUT2D eigenvalue weighted by atomic mass is 32.2. The van der Waals surface area contributed by atoms with E-state index in [1.54, 1.807) is 0 Å². The van der Waals surface area contributed by atoms with Crippen LogP contribution in [0.3, 0.4) is 0 Å². The van der Waals surface area contributed by atoms with Crippen LogP contribution in [0.25, 0.3) is 0 Å². The van der Waals surface area contributed by atoms with Crippen molar-refractivity contribution in [2.24, 2.45) is 5.92 Å². The highest BCUT2D eigenvalue weighted by Gasteiger charge is 2.20. The van der Waals surface area contributed by atoms with Crippen LogP contribution in [0, 0.1) is 5.92 Å². The molecular formula is C12H26N2O3S. The maximum absolute atomic E-state index is 11.7. The molecular weight excluding hydrogens is 252 g/mol. The molecule has 0 spiro atoms. The van der Waals surface area contributed by atoms with Crippen LogP contribution in [0.4, 0.5) is 0 Å². The van der Waals surface area contributed by atoms with Crippen LogP contribution in [-0.4, -0.2) is 44.0 Å². The molecule has 0 atom stereocenters. The predicted molar refractivity (Wildman–Crippen MR) is 73.8 cm³/mol. The molecule has 1 N–H and O–H groups in total. The Morgan fingerprint density at radius 1 is 1.22 bits per heavy atom. The quantitative estimate of drug-likeness (QED) is 0.725. The van der Waals surface area contributed by atoms with Crippen molar-refractivity contribution in [3.05, 3.63) is 0 Å². The smallest absolute Gasteiger partial charge is 0.223 e. The summed E-state index contributed by atoms with van der Waals surface area (Å²) in [7, 11) is -3.21. The summed E-state index contributed by atoms with van der Waals surface area (Å²) in [4.78, 5) is 11.7. The highest BCUT2D eigenvalue weighted by Crippen LogP contribution is 2.07. The zero-order chi connectivity index (χ0) is 14.3. The van der Waals surface area contributed by atoms with E-state index >= 15 is 0 Å². The van der Waals surface area contributed by atoms with Crippen molar-refractivity contribution < 1.29 is 13.2 Å². The van der Waals surface area contributed by atoms with Crippen molar-refractivity contribution in [2.75, 3.05) is 19.3 Å². The van der Waals surface area contributed by atoms with E-state index in [1.807, 2.05) is 27.7 Å². The second-order valence-electron chi connectivity index (χ2n) is 4.77. The molecule has 0 aromatic rings. The molecule has 0 unspecified atom stereocenters. The lowest BCUT2D eigenvalue weighted by Gasteiger charge is -2.24. The largest absolute Gasteiger partial charge is 0.355 e. The van der Waals surface area contributed by atoms with E-state index in [4.69, 9.17) is 0 Å². The Morgan fingerprint density at radius 3 is 2.06 bits per heavy atom. The Kier molecular flexibility index (Phi) is 7.47. The third-order valence-electron chi connectivity index (χ3n) is 2.99. The number of amides is 1. The molecule has 0 aromatic heterocycles.